The van der Waals surface area contributed by atoms with Crippen molar-refractivity contribution in [2.24, 2.45) is 0 Å². The summed E-state index contributed by atoms with van der Waals surface area (Å²) in [5.41, 5.74) is 0.568. The third kappa shape index (κ3) is 7.10. The van der Waals surface area contributed by atoms with E-state index in [0.29, 0.717) is 13.0 Å². The first-order chi connectivity index (χ1) is 10.6. The Bertz CT molecular complexity index is 485. The Kier molecular flexibility index (Phi) is 8.25. The lowest BCUT2D eigenvalue weighted by atomic mass is 10.1. The predicted octanol–water partition coefficient (Wildman–Crippen LogP) is 1.84. The Morgan fingerprint density at radius 1 is 1.35 bits per heavy atom. The fourth-order valence-electron chi connectivity index (χ4n) is 2.22. The minimum Gasteiger partial charge on any atom is -0.444 e. The minimum atomic E-state index is -0.556. The minimum absolute atomic E-state index is 0.0598. The summed E-state index contributed by atoms with van der Waals surface area (Å²) < 4.78 is 5.40. The van der Waals surface area contributed by atoms with Crippen LogP contribution in [0.4, 0.5) is 4.79 Å². The maximum absolute atomic E-state index is 12.3. The molecular formula is C16H26N2O5. The number of hydrogen-bond acceptors (Lipinski definition) is 5. The van der Waals surface area contributed by atoms with Gasteiger partial charge in [-0.15, -0.1) is 0 Å². The highest BCUT2D eigenvalue weighted by Crippen LogP contribution is 2.26. The molecule has 1 rings (SSSR count). The van der Waals surface area contributed by atoms with Gasteiger partial charge in [0, 0.05) is 20.6 Å². The summed E-state index contributed by atoms with van der Waals surface area (Å²) >= 11 is 0. The monoisotopic (exact) mass is 326 g/mol. The van der Waals surface area contributed by atoms with E-state index >= 15 is 0 Å². The molecule has 0 radical (unpaired) electrons. The van der Waals surface area contributed by atoms with Gasteiger partial charge in [-0.1, -0.05) is 18.6 Å². The first-order valence-corrected chi connectivity index (χ1v) is 7.45. The van der Waals surface area contributed by atoms with Crippen LogP contribution < -0.4 is 0 Å². The van der Waals surface area contributed by atoms with Crippen LogP contribution in [-0.4, -0.2) is 60.2 Å². The first kappa shape index (κ1) is 20.9. The molecule has 1 fully saturated rings. The van der Waals surface area contributed by atoms with Crippen molar-refractivity contribution >= 4 is 18.2 Å². The zero-order chi connectivity index (χ0) is 18.2. The van der Waals surface area contributed by atoms with Crippen LogP contribution >= 0.6 is 0 Å². The third-order valence-corrected chi connectivity index (χ3v) is 3.05. The van der Waals surface area contributed by atoms with Gasteiger partial charge in [0.05, 0.1) is 0 Å². The molecule has 1 aliphatic rings. The lowest BCUT2D eigenvalue weighted by Crippen LogP contribution is -2.47. The normalized spacial score (nSPS) is 18.8. The van der Waals surface area contributed by atoms with Crippen molar-refractivity contribution in [2.45, 2.75) is 52.2 Å². The molecule has 1 heterocycles. The van der Waals surface area contributed by atoms with E-state index in [4.69, 9.17) is 14.3 Å². The maximum Gasteiger partial charge on any atom is 0.411 e. The molecule has 2 amide bonds. The Morgan fingerprint density at radius 2 is 1.87 bits per heavy atom. The number of ether oxygens (including phenoxy) is 1. The van der Waals surface area contributed by atoms with Gasteiger partial charge < -0.3 is 9.64 Å². The Labute approximate surface area is 137 Å². The van der Waals surface area contributed by atoms with Crippen molar-refractivity contribution in [1.29, 1.82) is 0 Å². The standard InChI is InChI=1S/C15H26N2O3.CO2/c1-7-8-11-9-12(13(18)16(5)6)17(10-11)14(19)20-15(2,3)4;2-1-3/h8,12H,7,9-10H2,1-6H3;/t12-;/m1./s1. The van der Waals surface area contributed by atoms with Gasteiger partial charge in [-0.2, -0.15) is 9.59 Å². The number of amides is 2. The molecule has 7 nitrogen and oxygen atoms in total. The van der Waals surface area contributed by atoms with Crippen molar-refractivity contribution < 1.29 is 23.9 Å². The molecule has 7 heteroatoms. The van der Waals surface area contributed by atoms with Gasteiger partial charge in [-0.25, -0.2) is 4.79 Å². The van der Waals surface area contributed by atoms with Gasteiger partial charge in [-0.3, -0.25) is 9.69 Å². The van der Waals surface area contributed by atoms with E-state index in [1.54, 1.807) is 14.1 Å². The SMILES string of the molecule is CCC=C1C[C@H](C(=O)N(C)C)N(C(=O)OC(C)(C)C)C1.O=C=O. The van der Waals surface area contributed by atoms with Crippen LogP contribution in [0.2, 0.25) is 0 Å². The van der Waals surface area contributed by atoms with Crippen LogP contribution in [0.15, 0.2) is 11.6 Å². The number of rotatable bonds is 2. The molecule has 1 saturated heterocycles. The topological polar surface area (TPSA) is 84.0 Å². The number of hydrogen-bond donors (Lipinski definition) is 0. The van der Waals surface area contributed by atoms with Gasteiger partial charge in [0.2, 0.25) is 5.91 Å². The van der Waals surface area contributed by atoms with Crippen LogP contribution in [0.3, 0.4) is 0 Å². The second-order valence-electron chi connectivity index (χ2n) is 6.41. The summed E-state index contributed by atoms with van der Waals surface area (Å²) in [6.45, 7) is 8.00. The Morgan fingerprint density at radius 3 is 2.26 bits per heavy atom. The average Bonchev–Trinajstić information content (AvgIpc) is 2.81. The molecule has 0 aliphatic carbocycles. The fraction of sp³-hybridized carbons (Fsp3) is 0.688. The van der Waals surface area contributed by atoms with Crippen molar-refractivity contribution in [3.8, 4) is 0 Å². The van der Waals surface area contributed by atoms with Gasteiger partial charge in [0.15, 0.2) is 0 Å². The van der Waals surface area contributed by atoms with Crippen molar-refractivity contribution in [2.75, 3.05) is 20.6 Å². The van der Waals surface area contributed by atoms with Gasteiger partial charge in [0.1, 0.15) is 11.6 Å². The lowest BCUT2D eigenvalue weighted by Gasteiger charge is -2.28. The molecule has 0 saturated carbocycles. The number of likely N-dealkylation sites (tertiary alicyclic amines) is 1. The summed E-state index contributed by atoms with van der Waals surface area (Å²) in [5, 5.41) is 0. The Hall–Kier alpha value is -2.14. The number of likely N-dealkylation sites (N-methyl/N-ethyl adjacent to an activating group) is 1. The highest BCUT2D eigenvalue weighted by atomic mass is 16.6. The van der Waals surface area contributed by atoms with Gasteiger partial charge >= 0.3 is 12.2 Å². The summed E-state index contributed by atoms with van der Waals surface area (Å²) in [7, 11) is 3.41. The highest BCUT2D eigenvalue weighted by Gasteiger charge is 2.39. The van der Waals surface area contributed by atoms with Crippen molar-refractivity contribution in [1.82, 2.24) is 9.80 Å². The number of carbonyl (C=O) groups excluding carboxylic acids is 4. The lowest BCUT2D eigenvalue weighted by molar-refractivity contribution is -0.191. The first-order valence-electron chi connectivity index (χ1n) is 7.45. The van der Waals surface area contributed by atoms with Gasteiger partial charge in [0.25, 0.3) is 0 Å². The molecule has 0 bridgehead atoms. The van der Waals surface area contributed by atoms with Crippen LogP contribution in [0.5, 0.6) is 0 Å². The molecule has 0 spiro atoms. The van der Waals surface area contributed by atoms with E-state index in [9.17, 15) is 9.59 Å². The van der Waals surface area contributed by atoms with Crippen molar-refractivity contribution in [3.05, 3.63) is 11.6 Å². The molecule has 130 valence electrons. The predicted molar refractivity (Wildman–Crippen MR) is 83.4 cm³/mol. The molecule has 0 N–H and O–H groups in total. The summed E-state index contributed by atoms with van der Waals surface area (Å²) in [6, 6.07) is -0.447. The van der Waals surface area contributed by atoms with E-state index in [-0.39, 0.29) is 12.1 Å². The summed E-state index contributed by atoms with van der Waals surface area (Å²) in [4.78, 5) is 43.8. The summed E-state index contributed by atoms with van der Waals surface area (Å²) in [6.07, 6.45) is 3.42. The summed E-state index contributed by atoms with van der Waals surface area (Å²) in [5.74, 6) is -0.0598. The van der Waals surface area contributed by atoms with E-state index in [0.717, 1.165) is 12.0 Å². The van der Waals surface area contributed by atoms with E-state index in [1.165, 1.54) is 9.80 Å². The largest absolute Gasteiger partial charge is 0.444 e. The molecule has 0 aromatic carbocycles. The zero-order valence-electron chi connectivity index (χ0n) is 14.7. The Balaban J connectivity index is 0.00000149. The smallest absolute Gasteiger partial charge is 0.411 e. The quantitative estimate of drug-likeness (QED) is 0.723. The van der Waals surface area contributed by atoms with Crippen LogP contribution in [-0.2, 0) is 19.1 Å². The van der Waals surface area contributed by atoms with E-state index in [1.807, 2.05) is 27.7 Å². The molecule has 0 aromatic heterocycles. The van der Waals surface area contributed by atoms with Crippen LogP contribution in [0, 0.1) is 0 Å². The average molecular weight is 326 g/mol. The molecule has 0 aromatic rings. The fourth-order valence-corrected chi connectivity index (χ4v) is 2.22. The highest BCUT2D eigenvalue weighted by molar-refractivity contribution is 5.87. The number of carbonyl (C=O) groups is 2. The number of allylic oxidation sites excluding steroid dienone is 1. The number of nitrogens with zero attached hydrogens (tertiary/aromatic N) is 2. The second-order valence-corrected chi connectivity index (χ2v) is 6.41. The molecule has 0 unspecified atom stereocenters. The maximum atomic E-state index is 12.3. The molecular weight excluding hydrogens is 300 g/mol. The van der Waals surface area contributed by atoms with E-state index in [2.05, 4.69) is 6.08 Å². The molecule has 1 atom stereocenters. The third-order valence-electron chi connectivity index (χ3n) is 3.05. The van der Waals surface area contributed by atoms with Crippen LogP contribution in [0.25, 0.3) is 0 Å². The van der Waals surface area contributed by atoms with Gasteiger partial charge in [-0.05, 0) is 33.6 Å². The molecule has 1 aliphatic heterocycles. The van der Waals surface area contributed by atoms with Crippen molar-refractivity contribution in [3.63, 3.8) is 0 Å². The van der Waals surface area contributed by atoms with E-state index < -0.39 is 17.7 Å². The zero-order valence-corrected chi connectivity index (χ0v) is 14.7. The molecule has 23 heavy (non-hydrogen) atoms. The second kappa shape index (κ2) is 9.10. The van der Waals surface area contributed by atoms with Crippen LogP contribution in [0.1, 0.15) is 40.5 Å².